The number of likely N-dealkylation sites (tertiary alicyclic amines) is 1. The summed E-state index contributed by atoms with van der Waals surface area (Å²) in [4.78, 5) is 28.5. The first-order valence-corrected chi connectivity index (χ1v) is 10.4. The van der Waals surface area contributed by atoms with Crippen molar-refractivity contribution in [3.05, 3.63) is 33.8 Å². The second-order valence-corrected chi connectivity index (χ2v) is 9.25. The minimum atomic E-state index is -1.51. The van der Waals surface area contributed by atoms with Gasteiger partial charge in [-0.05, 0) is 44.9 Å². The van der Waals surface area contributed by atoms with Gasteiger partial charge in [-0.15, -0.1) is 0 Å². The summed E-state index contributed by atoms with van der Waals surface area (Å²) in [6.07, 6.45) is 0.494. The highest BCUT2D eigenvalue weighted by atomic mass is 35.5. The molecule has 160 valence electrons. The highest BCUT2D eigenvalue weighted by Crippen LogP contribution is 2.27. The van der Waals surface area contributed by atoms with E-state index in [0.29, 0.717) is 42.0 Å². The Morgan fingerprint density at radius 2 is 1.79 bits per heavy atom. The fourth-order valence-corrected chi connectivity index (χ4v) is 4.17. The molecule has 1 aromatic carbocycles. The maximum absolute atomic E-state index is 15.1. The van der Waals surface area contributed by atoms with Crippen LogP contribution in [0.1, 0.15) is 37.0 Å². The lowest BCUT2D eigenvalue weighted by Gasteiger charge is -2.37. The SMILES string of the molecule is CC1(C)COCN1C(=O)CN1CCC(F)(CNC(=O)c2cc(Cl)cc(Cl)c2)CC1. The summed E-state index contributed by atoms with van der Waals surface area (Å²) < 4.78 is 20.5. The van der Waals surface area contributed by atoms with Crippen LogP contribution in [0, 0.1) is 0 Å². The van der Waals surface area contributed by atoms with Crippen molar-refractivity contribution >= 4 is 35.0 Å². The zero-order chi connectivity index (χ0) is 21.2. The molecule has 0 spiro atoms. The third-order valence-corrected chi connectivity index (χ3v) is 5.95. The van der Waals surface area contributed by atoms with Crippen molar-refractivity contribution in [1.29, 1.82) is 0 Å². The Hall–Kier alpha value is -1.41. The van der Waals surface area contributed by atoms with Crippen LogP contribution in [-0.4, -0.2) is 72.3 Å². The molecule has 2 saturated heterocycles. The van der Waals surface area contributed by atoms with E-state index in [1.807, 2.05) is 18.7 Å². The van der Waals surface area contributed by atoms with Gasteiger partial charge in [-0.3, -0.25) is 14.5 Å². The van der Waals surface area contributed by atoms with E-state index >= 15 is 4.39 Å². The zero-order valence-corrected chi connectivity index (χ0v) is 18.2. The number of halogens is 3. The molecule has 0 saturated carbocycles. The molecule has 29 heavy (non-hydrogen) atoms. The second-order valence-electron chi connectivity index (χ2n) is 8.38. The topological polar surface area (TPSA) is 61.9 Å². The van der Waals surface area contributed by atoms with Gasteiger partial charge in [0.1, 0.15) is 12.4 Å². The van der Waals surface area contributed by atoms with Gasteiger partial charge in [-0.2, -0.15) is 0 Å². The summed E-state index contributed by atoms with van der Waals surface area (Å²) in [5, 5.41) is 3.33. The average Bonchev–Trinajstić information content (AvgIpc) is 3.00. The smallest absolute Gasteiger partial charge is 0.251 e. The van der Waals surface area contributed by atoms with Crippen molar-refractivity contribution in [2.45, 2.75) is 37.9 Å². The molecule has 0 radical (unpaired) electrons. The molecule has 1 aromatic rings. The molecule has 3 rings (SSSR count). The van der Waals surface area contributed by atoms with Crippen molar-refractivity contribution in [2.75, 3.05) is 39.5 Å². The van der Waals surface area contributed by atoms with Crippen molar-refractivity contribution in [1.82, 2.24) is 15.1 Å². The van der Waals surface area contributed by atoms with Crippen LogP contribution in [0.4, 0.5) is 4.39 Å². The third-order valence-electron chi connectivity index (χ3n) is 5.51. The van der Waals surface area contributed by atoms with E-state index in [2.05, 4.69) is 5.32 Å². The van der Waals surface area contributed by atoms with Gasteiger partial charge in [0.05, 0.1) is 25.2 Å². The molecule has 0 unspecified atom stereocenters. The molecule has 0 bridgehead atoms. The Kier molecular flexibility index (Phi) is 6.73. The molecule has 2 amide bonds. The van der Waals surface area contributed by atoms with Crippen LogP contribution in [0.15, 0.2) is 18.2 Å². The number of benzene rings is 1. The molecule has 2 heterocycles. The molecule has 2 aliphatic heterocycles. The lowest BCUT2D eigenvalue weighted by atomic mass is 9.93. The minimum Gasteiger partial charge on any atom is -0.359 e. The summed E-state index contributed by atoms with van der Waals surface area (Å²) in [6, 6.07) is 4.51. The van der Waals surface area contributed by atoms with Crippen molar-refractivity contribution in [2.24, 2.45) is 0 Å². The highest BCUT2D eigenvalue weighted by Gasteiger charge is 2.39. The van der Waals surface area contributed by atoms with Crippen LogP contribution in [0.25, 0.3) is 0 Å². The Morgan fingerprint density at radius 1 is 1.17 bits per heavy atom. The molecule has 0 aromatic heterocycles. The number of hydrogen-bond acceptors (Lipinski definition) is 4. The van der Waals surface area contributed by atoms with Crippen molar-refractivity contribution in [3.63, 3.8) is 0 Å². The Labute approximate surface area is 180 Å². The molecular weight excluding hydrogens is 420 g/mol. The molecule has 2 fully saturated rings. The number of rotatable bonds is 5. The van der Waals surface area contributed by atoms with E-state index in [1.54, 1.807) is 4.90 Å². The molecular formula is C20H26Cl2FN3O3. The maximum atomic E-state index is 15.1. The number of ether oxygens (including phenoxy) is 1. The van der Waals surface area contributed by atoms with E-state index in [9.17, 15) is 9.59 Å². The summed E-state index contributed by atoms with van der Waals surface area (Å²) in [5.41, 5.74) is -1.53. The molecule has 2 aliphatic rings. The predicted molar refractivity (Wildman–Crippen MR) is 110 cm³/mol. The number of amides is 2. The Bertz CT molecular complexity index is 762. The van der Waals surface area contributed by atoms with Gasteiger partial charge in [0, 0.05) is 28.7 Å². The molecule has 9 heteroatoms. The number of alkyl halides is 1. The van der Waals surface area contributed by atoms with Crippen LogP contribution in [0.2, 0.25) is 10.0 Å². The number of nitrogens with one attached hydrogen (secondary N) is 1. The predicted octanol–water partition coefficient (Wildman–Crippen LogP) is 3.12. The number of carbonyl (C=O) groups excluding carboxylic acids is 2. The largest absolute Gasteiger partial charge is 0.359 e. The van der Waals surface area contributed by atoms with Gasteiger partial charge in [0.15, 0.2) is 0 Å². The molecule has 1 N–H and O–H groups in total. The number of nitrogens with zero attached hydrogens (tertiary/aromatic N) is 2. The zero-order valence-electron chi connectivity index (χ0n) is 16.6. The summed E-state index contributed by atoms with van der Waals surface area (Å²) >= 11 is 11.8. The summed E-state index contributed by atoms with van der Waals surface area (Å²) in [7, 11) is 0. The highest BCUT2D eigenvalue weighted by molar-refractivity contribution is 6.35. The fourth-order valence-electron chi connectivity index (χ4n) is 3.64. The summed E-state index contributed by atoms with van der Waals surface area (Å²) in [5.74, 6) is -0.426. The minimum absolute atomic E-state index is 0.00926. The van der Waals surface area contributed by atoms with Crippen LogP contribution < -0.4 is 5.32 Å². The van der Waals surface area contributed by atoms with E-state index < -0.39 is 11.6 Å². The van der Waals surface area contributed by atoms with Gasteiger partial charge < -0.3 is 15.0 Å². The monoisotopic (exact) mass is 445 g/mol. The van der Waals surface area contributed by atoms with Crippen LogP contribution in [0.5, 0.6) is 0 Å². The third kappa shape index (κ3) is 5.60. The number of carbonyl (C=O) groups is 2. The van der Waals surface area contributed by atoms with Gasteiger partial charge in [-0.1, -0.05) is 23.2 Å². The standard InChI is InChI=1S/C20H26Cl2FN3O3/c1-19(2)12-29-13-26(19)17(27)10-25-5-3-20(23,4-6-25)11-24-18(28)14-7-15(21)9-16(22)8-14/h7-9H,3-6,10-13H2,1-2H3,(H,24,28). The second kappa shape index (κ2) is 8.76. The van der Waals surface area contributed by atoms with Crippen LogP contribution in [-0.2, 0) is 9.53 Å². The van der Waals surface area contributed by atoms with Crippen molar-refractivity contribution < 1.29 is 18.7 Å². The molecule has 0 aliphatic carbocycles. The van der Waals surface area contributed by atoms with E-state index in [4.69, 9.17) is 27.9 Å². The number of piperidine rings is 1. The molecule has 6 nitrogen and oxygen atoms in total. The first-order chi connectivity index (χ1) is 13.6. The van der Waals surface area contributed by atoms with Gasteiger partial charge >= 0.3 is 0 Å². The van der Waals surface area contributed by atoms with Gasteiger partial charge in [0.2, 0.25) is 5.91 Å². The Morgan fingerprint density at radius 3 is 2.34 bits per heavy atom. The first kappa shape index (κ1) is 22.3. The normalized spacial score (nSPS) is 21.2. The van der Waals surface area contributed by atoms with Crippen LogP contribution in [0.3, 0.4) is 0 Å². The fraction of sp³-hybridized carbons (Fsp3) is 0.600. The lowest BCUT2D eigenvalue weighted by Crippen LogP contribution is -2.52. The van der Waals surface area contributed by atoms with Gasteiger partial charge in [0.25, 0.3) is 5.91 Å². The van der Waals surface area contributed by atoms with Gasteiger partial charge in [-0.25, -0.2) is 4.39 Å². The van der Waals surface area contributed by atoms with E-state index in [0.717, 1.165) is 0 Å². The van der Waals surface area contributed by atoms with Crippen LogP contribution >= 0.6 is 23.2 Å². The Balaban J connectivity index is 1.47. The van der Waals surface area contributed by atoms with E-state index in [1.165, 1.54) is 18.2 Å². The quantitative estimate of drug-likeness (QED) is 0.755. The van der Waals surface area contributed by atoms with Crippen molar-refractivity contribution in [3.8, 4) is 0 Å². The lowest BCUT2D eigenvalue weighted by molar-refractivity contribution is -0.137. The molecule has 0 atom stereocenters. The average molecular weight is 446 g/mol. The first-order valence-electron chi connectivity index (χ1n) is 9.62. The summed E-state index contributed by atoms with van der Waals surface area (Å²) in [6.45, 7) is 5.82. The number of hydrogen-bond donors (Lipinski definition) is 1. The maximum Gasteiger partial charge on any atom is 0.251 e. The van der Waals surface area contributed by atoms with E-state index in [-0.39, 0.29) is 37.4 Å².